The van der Waals surface area contributed by atoms with Gasteiger partial charge in [0.05, 0.1) is 7.11 Å². The molecule has 0 amide bonds. The Balaban J connectivity index is 3.13. The third-order valence-electron chi connectivity index (χ3n) is 2.50. The molecule has 1 aromatic rings. The van der Waals surface area contributed by atoms with Gasteiger partial charge < -0.3 is 4.74 Å². The highest BCUT2D eigenvalue weighted by Gasteiger charge is 2.12. The summed E-state index contributed by atoms with van der Waals surface area (Å²) in [5.74, 6) is 1.05. The van der Waals surface area contributed by atoms with Gasteiger partial charge in [-0.25, -0.2) is 0 Å². The highest BCUT2D eigenvalue weighted by Crippen LogP contribution is 2.23. The molecule has 1 aromatic carbocycles. The molecule has 0 spiro atoms. The predicted molar refractivity (Wildman–Crippen MR) is 61.7 cm³/mol. The number of hydrogen-bond acceptors (Lipinski definition) is 2. The van der Waals surface area contributed by atoms with Crippen LogP contribution in [0.25, 0.3) is 0 Å². The van der Waals surface area contributed by atoms with E-state index in [0.29, 0.717) is 6.42 Å². The zero-order valence-electron chi connectivity index (χ0n) is 9.89. The zero-order valence-corrected chi connectivity index (χ0v) is 9.89. The third kappa shape index (κ3) is 2.58. The molecule has 0 aromatic heterocycles. The van der Waals surface area contributed by atoms with Gasteiger partial charge in [-0.15, -0.1) is 0 Å². The second kappa shape index (κ2) is 4.96. The van der Waals surface area contributed by atoms with E-state index in [1.165, 1.54) is 0 Å². The van der Waals surface area contributed by atoms with Crippen molar-refractivity contribution in [1.82, 2.24) is 0 Å². The molecule has 0 atom stereocenters. The molecule has 0 N–H and O–H groups in total. The van der Waals surface area contributed by atoms with E-state index in [2.05, 4.69) is 0 Å². The van der Waals surface area contributed by atoms with Gasteiger partial charge in [0.1, 0.15) is 5.75 Å². The van der Waals surface area contributed by atoms with Gasteiger partial charge >= 0.3 is 0 Å². The molecule has 15 heavy (non-hydrogen) atoms. The molecule has 82 valence electrons. The summed E-state index contributed by atoms with van der Waals surface area (Å²) in [6.07, 6.45) is 1.51. The van der Waals surface area contributed by atoms with Crippen LogP contribution in [0.2, 0.25) is 0 Å². The van der Waals surface area contributed by atoms with Crippen LogP contribution in [0.15, 0.2) is 12.1 Å². The summed E-state index contributed by atoms with van der Waals surface area (Å²) in [7, 11) is 1.64. The van der Waals surface area contributed by atoms with Crippen molar-refractivity contribution in [2.45, 2.75) is 33.6 Å². The summed E-state index contributed by atoms with van der Waals surface area (Å²) in [5.41, 5.74) is 2.87. The Morgan fingerprint density at radius 2 is 1.80 bits per heavy atom. The molecular weight excluding hydrogens is 188 g/mol. The molecule has 0 aliphatic carbocycles. The minimum atomic E-state index is 0.232. The van der Waals surface area contributed by atoms with E-state index in [0.717, 1.165) is 28.9 Å². The Hall–Kier alpha value is -1.31. The fraction of sp³-hybridized carbons (Fsp3) is 0.462. The number of carbonyl (C=O) groups is 1. The van der Waals surface area contributed by atoms with Crippen LogP contribution in [0.1, 0.15) is 41.3 Å². The van der Waals surface area contributed by atoms with E-state index in [4.69, 9.17) is 4.74 Å². The van der Waals surface area contributed by atoms with Crippen molar-refractivity contribution < 1.29 is 9.53 Å². The van der Waals surface area contributed by atoms with E-state index >= 15 is 0 Å². The third-order valence-corrected chi connectivity index (χ3v) is 2.50. The molecule has 0 saturated heterocycles. The minimum absolute atomic E-state index is 0.232. The van der Waals surface area contributed by atoms with Crippen LogP contribution < -0.4 is 4.74 Å². The van der Waals surface area contributed by atoms with Crippen LogP contribution in [-0.2, 0) is 0 Å². The first-order chi connectivity index (χ1) is 7.10. The molecule has 2 nitrogen and oxygen atoms in total. The van der Waals surface area contributed by atoms with Crippen molar-refractivity contribution in [3.8, 4) is 5.75 Å². The molecule has 0 unspecified atom stereocenters. The fourth-order valence-electron chi connectivity index (χ4n) is 1.83. The van der Waals surface area contributed by atoms with Crippen LogP contribution in [0.3, 0.4) is 0 Å². The SMILES string of the molecule is CCCC(=O)c1c(C)cc(OC)cc1C. The normalized spacial score (nSPS) is 10.1. The largest absolute Gasteiger partial charge is 0.497 e. The summed E-state index contributed by atoms with van der Waals surface area (Å²) in [4.78, 5) is 11.8. The minimum Gasteiger partial charge on any atom is -0.497 e. The molecule has 0 fully saturated rings. The average molecular weight is 206 g/mol. The van der Waals surface area contributed by atoms with Crippen molar-refractivity contribution in [2.75, 3.05) is 7.11 Å². The van der Waals surface area contributed by atoms with Crippen LogP contribution in [-0.4, -0.2) is 12.9 Å². The topological polar surface area (TPSA) is 26.3 Å². The number of rotatable bonds is 4. The van der Waals surface area contributed by atoms with Gasteiger partial charge in [-0.1, -0.05) is 6.92 Å². The Kier molecular flexibility index (Phi) is 3.89. The number of aryl methyl sites for hydroxylation is 2. The highest BCUT2D eigenvalue weighted by atomic mass is 16.5. The monoisotopic (exact) mass is 206 g/mol. The number of ether oxygens (including phenoxy) is 1. The standard InChI is InChI=1S/C13H18O2/c1-5-6-12(14)13-9(2)7-11(15-4)8-10(13)3/h7-8H,5-6H2,1-4H3. The van der Waals surface area contributed by atoms with E-state index in [-0.39, 0.29) is 5.78 Å². The molecule has 0 aliphatic rings. The first-order valence-corrected chi connectivity index (χ1v) is 5.28. The van der Waals surface area contributed by atoms with Crippen molar-refractivity contribution >= 4 is 5.78 Å². The molecule has 1 rings (SSSR count). The summed E-state index contributed by atoms with van der Waals surface area (Å²) in [5, 5.41) is 0. The van der Waals surface area contributed by atoms with Gasteiger partial charge in [0.25, 0.3) is 0 Å². The maximum atomic E-state index is 11.8. The molecule has 0 radical (unpaired) electrons. The summed E-state index contributed by atoms with van der Waals surface area (Å²) in [6, 6.07) is 3.83. The lowest BCUT2D eigenvalue weighted by Gasteiger charge is -2.10. The number of Topliss-reactive ketones (excluding diaryl/α,β-unsaturated/α-hetero) is 1. The number of hydrogen-bond donors (Lipinski definition) is 0. The van der Waals surface area contributed by atoms with Crippen molar-refractivity contribution in [2.24, 2.45) is 0 Å². The second-order valence-electron chi connectivity index (χ2n) is 3.81. The quantitative estimate of drug-likeness (QED) is 0.706. The second-order valence-corrected chi connectivity index (χ2v) is 3.81. The summed E-state index contributed by atoms with van der Waals surface area (Å²) < 4.78 is 5.16. The Labute approximate surface area is 91.3 Å². The smallest absolute Gasteiger partial charge is 0.163 e. The van der Waals surface area contributed by atoms with Gasteiger partial charge in [-0.05, 0) is 43.5 Å². The fourth-order valence-corrected chi connectivity index (χ4v) is 1.83. The molecule has 0 bridgehead atoms. The van der Waals surface area contributed by atoms with Crippen LogP contribution in [0.4, 0.5) is 0 Å². The number of methoxy groups -OCH3 is 1. The Morgan fingerprint density at radius 1 is 1.27 bits per heavy atom. The lowest BCUT2D eigenvalue weighted by molar-refractivity contribution is 0.0980. The van der Waals surface area contributed by atoms with Crippen LogP contribution in [0.5, 0.6) is 5.75 Å². The maximum absolute atomic E-state index is 11.8. The van der Waals surface area contributed by atoms with Gasteiger partial charge in [0.15, 0.2) is 5.78 Å². The van der Waals surface area contributed by atoms with Crippen LogP contribution in [0, 0.1) is 13.8 Å². The van der Waals surface area contributed by atoms with E-state index < -0.39 is 0 Å². The number of carbonyl (C=O) groups excluding carboxylic acids is 1. The first kappa shape index (κ1) is 11.8. The molecule has 2 heteroatoms. The summed E-state index contributed by atoms with van der Waals surface area (Å²) >= 11 is 0. The molecule has 0 aliphatic heterocycles. The van der Waals surface area contributed by atoms with E-state index in [1.807, 2.05) is 32.9 Å². The predicted octanol–water partition coefficient (Wildman–Crippen LogP) is 3.29. The van der Waals surface area contributed by atoms with Crippen molar-refractivity contribution in [3.05, 3.63) is 28.8 Å². The number of benzene rings is 1. The van der Waals surface area contributed by atoms with Crippen molar-refractivity contribution in [3.63, 3.8) is 0 Å². The van der Waals surface area contributed by atoms with E-state index in [9.17, 15) is 4.79 Å². The molecule has 0 heterocycles. The molecule has 0 saturated carbocycles. The average Bonchev–Trinajstić information content (AvgIpc) is 2.16. The van der Waals surface area contributed by atoms with Crippen LogP contribution >= 0.6 is 0 Å². The van der Waals surface area contributed by atoms with E-state index in [1.54, 1.807) is 7.11 Å². The highest BCUT2D eigenvalue weighted by molar-refractivity contribution is 5.98. The van der Waals surface area contributed by atoms with Gasteiger partial charge in [0, 0.05) is 12.0 Å². The number of ketones is 1. The first-order valence-electron chi connectivity index (χ1n) is 5.28. The van der Waals surface area contributed by atoms with Gasteiger partial charge in [-0.3, -0.25) is 4.79 Å². The zero-order chi connectivity index (χ0) is 11.4. The van der Waals surface area contributed by atoms with Crippen molar-refractivity contribution in [1.29, 1.82) is 0 Å². The Morgan fingerprint density at radius 3 is 2.20 bits per heavy atom. The Bertz CT molecular complexity index is 344. The lowest BCUT2D eigenvalue weighted by atomic mass is 9.96. The lowest BCUT2D eigenvalue weighted by Crippen LogP contribution is -2.04. The molecular formula is C13H18O2. The van der Waals surface area contributed by atoms with Gasteiger partial charge in [0.2, 0.25) is 0 Å². The van der Waals surface area contributed by atoms with Gasteiger partial charge in [-0.2, -0.15) is 0 Å². The summed E-state index contributed by atoms with van der Waals surface area (Å²) in [6.45, 7) is 5.93. The maximum Gasteiger partial charge on any atom is 0.163 e.